The van der Waals surface area contributed by atoms with E-state index in [9.17, 15) is 0 Å². The van der Waals surface area contributed by atoms with Gasteiger partial charge in [0.1, 0.15) is 0 Å². The summed E-state index contributed by atoms with van der Waals surface area (Å²) in [5.41, 5.74) is 0. The van der Waals surface area contributed by atoms with Crippen LogP contribution in [0.1, 0.15) is 0 Å². The molecule has 1 radical (unpaired) electrons. The summed E-state index contributed by atoms with van der Waals surface area (Å²) in [6, 6.07) is 0. The first-order valence-electron chi connectivity index (χ1n) is 0.252. The first-order chi connectivity index (χ1) is 1.41. The zero-order valence-corrected chi connectivity index (χ0v) is 5.77. The maximum atomic E-state index is 4.73. The first kappa shape index (κ1) is 26.0. The van der Waals surface area contributed by atoms with Crippen molar-refractivity contribution in [3.8, 4) is 0 Å². The number of rotatable bonds is 0. The van der Waals surface area contributed by atoms with E-state index in [2.05, 4.69) is 0 Å². The second kappa shape index (κ2) is 31.9. The Morgan fingerprint density at radius 3 is 1.00 bits per heavy atom. The Hall–Kier alpha value is 1.45. The molecule has 46 valence electrons. The maximum absolute atomic E-state index is 4.73. The fourth-order valence-corrected chi connectivity index (χ4v) is 0. The van der Waals surface area contributed by atoms with Crippen LogP contribution in [0.15, 0.2) is 0 Å². The third-order valence-corrected chi connectivity index (χ3v) is 0. The van der Waals surface area contributed by atoms with Gasteiger partial charge in [-0.2, -0.15) is 0 Å². The monoisotopic (exact) mass is 226 g/mol. The number of hydrogen-bond acceptors (Lipinski definition) is 0. The third-order valence-electron chi connectivity index (χ3n) is 0. The molecule has 0 heterocycles. The third kappa shape index (κ3) is 51.2. The van der Waals surface area contributed by atoms with Crippen LogP contribution >= 0.6 is 20.3 Å². The normalized spacial score (nSPS) is 3.67. The Balaban J connectivity index is -0.00000000667. The molecule has 0 aliphatic rings. The van der Waals surface area contributed by atoms with Crippen molar-refractivity contribution in [2.45, 2.75) is 0 Å². The zero-order valence-electron chi connectivity index (χ0n) is 2.18. The quantitative estimate of drug-likeness (QED) is 0.390. The van der Waals surface area contributed by atoms with Gasteiger partial charge >= 0.3 is 50.0 Å². The Morgan fingerprint density at radius 2 is 1.00 bits per heavy atom. The van der Waals surface area contributed by atoms with Crippen LogP contribution in [0.4, 0.5) is 0 Å². The SMILES string of the molecule is [Cl][Co][Cl].[Co+2].[F-].[F-]. The summed E-state index contributed by atoms with van der Waals surface area (Å²) in [6.45, 7) is 0. The maximum Gasteiger partial charge on any atom is 2.00 e. The molecular formula is Cl2Co2F2. The van der Waals surface area contributed by atoms with Crippen molar-refractivity contribution in [3.63, 3.8) is 0 Å². The van der Waals surface area contributed by atoms with Gasteiger partial charge in [0.25, 0.3) is 0 Å². The van der Waals surface area contributed by atoms with E-state index < -0.39 is 0 Å². The van der Waals surface area contributed by atoms with Gasteiger partial charge in [0.2, 0.25) is 0 Å². The topological polar surface area (TPSA) is 0 Å². The Kier molecular flexibility index (Phi) is 138. The van der Waals surface area contributed by atoms with Gasteiger partial charge in [-0.1, -0.05) is 0 Å². The molecule has 0 aromatic carbocycles. The van der Waals surface area contributed by atoms with Gasteiger partial charge in [-0.15, -0.1) is 0 Å². The smallest absolute Gasteiger partial charge is 1.00 e. The predicted molar refractivity (Wildman–Crippen MR) is 11.7 cm³/mol. The van der Waals surface area contributed by atoms with Crippen molar-refractivity contribution in [1.82, 2.24) is 0 Å². The van der Waals surface area contributed by atoms with Gasteiger partial charge in [-0.05, 0) is 0 Å². The molecule has 0 bridgehead atoms. The van der Waals surface area contributed by atoms with Crippen LogP contribution in [0.5, 0.6) is 0 Å². The van der Waals surface area contributed by atoms with E-state index in [0.29, 0.717) is 12.9 Å². The van der Waals surface area contributed by atoms with E-state index in [1.165, 1.54) is 0 Å². The molecule has 6 heavy (non-hydrogen) atoms. The van der Waals surface area contributed by atoms with E-state index in [0.717, 1.165) is 0 Å². The predicted octanol–water partition coefficient (Wildman–Crippen LogP) is -4.62. The second-order valence-corrected chi connectivity index (χ2v) is 1.77. The molecule has 0 aliphatic carbocycles. The molecular weight excluding hydrogens is 227 g/mol. The number of halogens is 4. The molecule has 0 atom stereocenters. The molecule has 0 rings (SSSR count). The van der Waals surface area contributed by atoms with E-state index in [1.807, 2.05) is 0 Å². The second-order valence-electron chi connectivity index (χ2n) is 0.0476. The van der Waals surface area contributed by atoms with Crippen molar-refractivity contribution in [2.75, 3.05) is 0 Å². The molecule has 0 aromatic heterocycles. The zero-order chi connectivity index (χ0) is 2.71. The molecule has 0 unspecified atom stereocenters. The summed E-state index contributed by atoms with van der Waals surface area (Å²) in [6.07, 6.45) is 0. The average Bonchev–Trinajstić information content (AvgIpc) is 0.918. The summed E-state index contributed by atoms with van der Waals surface area (Å²) in [5.74, 6) is 0. The van der Waals surface area contributed by atoms with Crippen molar-refractivity contribution in [3.05, 3.63) is 0 Å². The number of hydrogen-bond donors (Lipinski definition) is 0. The van der Waals surface area contributed by atoms with Crippen LogP contribution in [0.3, 0.4) is 0 Å². The van der Waals surface area contributed by atoms with Gasteiger partial charge < -0.3 is 9.41 Å². The van der Waals surface area contributed by atoms with E-state index in [4.69, 9.17) is 20.3 Å². The van der Waals surface area contributed by atoms with Gasteiger partial charge in [-0.3, -0.25) is 0 Å². The van der Waals surface area contributed by atoms with Crippen molar-refractivity contribution in [1.29, 1.82) is 0 Å². The molecule has 0 aliphatic heterocycles. The van der Waals surface area contributed by atoms with Crippen LogP contribution in [0.2, 0.25) is 0 Å². The van der Waals surface area contributed by atoms with E-state index >= 15 is 0 Å². The van der Waals surface area contributed by atoms with Crippen LogP contribution in [-0.2, 0) is 29.7 Å². The largest absolute Gasteiger partial charge is 2.00 e. The summed E-state index contributed by atoms with van der Waals surface area (Å²) in [5, 5.41) is 0. The fourth-order valence-electron chi connectivity index (χ4n) is 0. The minimum Gasteiger partial charge on any atom is -1.00 e. The molecule has 6 heteroatoms. The van der Waals surface area contributed by atoms with Crippen LogP contribution in [-0.4, -0.2) is 0 Å². The van der Waals surface area contributed by atoms with Crippen LogP contribution in [0.25, 0.3) is 0 Å². The van der Waals surface area contributed by atoms with Crippen molar-refractivity contribution in [2.24, 2.45) is 0 Å². The summed E-state index contributed by atoms with van der Waals surface area (Å²) < 4.78 is 0. The van der Waals surface area contributed by atoms with Gasteiger partial charge in [0.05, 0.1) is 0 Å². The van der Waals surface area contributed by atoms with Gasteiger partial charge in [-0.25, -0.2) is 0 Å². The molecule has 0 amide bonds. The molecule has 0 N–H and O–H groups in total. The standard InChI is InChI=1S/2ClH.2Co.2FH/h2*1H;;;2*1H/q;;2*+2;;/p-4. The summed E-state index contributed by atoms with van der Waals surface area (Å²) >= 11 is 0.382. The summed E-state index contributed by atoms with van der Waals surface area (Å²) in [4.78, 5) is 0. The Bertz CT molecular complexity index is 9.51. The fraction of sp³-hybridized carbons (Fsp3) is 0. The van der Waals surface area contributed by atoms with Gasteiger partial charge in [0, 0.05) is 0 Å². The van der Waals surface area contributed by atoms with Crippen LogP contribution < -0.4 is 9.41 Å². The molecule has 0 saturated carbocycles. The van der Waals surface area contributed by atoms with Crippen LogP contribution in [0, 0.1) is 0 Å². The minimum absolute atomic E-state index is 0. The summed E-state index contributed by atoms with van der Waals surface area (Å²) in [7, 11) is 9.47. The Morgan fingerprint density at radius 1 is 1.00 bits per heavy atom. The van der Waals surface area contributed by atoms with Crippen molar-refractivity contribution >= 4 is 20.3 Å². The molecule has 0 nitrogen and oxygen atoms in total. The molecule has 0 saturated heterocycles. The minimum atomic E-state index is 0. The first-order valence-corrected chi connectivity index (χ1v) is 3.12. The van der Waals surface area contributed by atoms with Crippen molar-refractivity contribution < 1.29 is 39.1 Å². The van der Waals surface area contributed by atoms with E-state index in [1.54, 1.807) is 0 Å². The van der Waals surface area contributed by atoms with E-state index in [-0.39, 0.29) is 26.2 Å². The Labute approximate surface area is 59.4 Å². The average molecular weight is 227 g/mol. The van der Waals surface area contributed by atoms with Gasteiger partial charge in [0.15, 0.2) is 0 Å². The molecule has 0 spiro atoms. The molecule has 0 fully saturated rings. The molecule has 0 aromatic rings.